The maximum absolute atomic E-state index is 12.1. The Morgan fingerprint density at radius 3 is 2.46 bits per heavy atom. The predicted molar refractivity (Wildman–Crippen MR) is 104 cm³/mol. The van der Waals surface area contributed by atoms with Gasteiger partial charge in [-0.15, -0.1) is 0 Å². The molecule has 2 amide bonds. The minimum absolute atomic E-state index is 0.0604. The quantitative estimate of drug-likeness (QED) is 0.706. The molecule has 1 aromatic carbocycles. The van der Waals surface area contributed by atoms with E-state index in [2.05, 4.69) is 15.5 Å². The van der Waals surface area contributed by atoms with Crippen molar-refractivity contribution < 1.29 is 14.3 Å². The van der Waals surface area contributed by atoms with E-state index in [1.165, 1.54) is 11.3 Å². The second-order valence-corrected chi connectivity index (χ2v) is 6.85. The molecule has 26 heavy (non-hydrogen) atoms. The van der Waals surface area contributed by atoms with Crippen LogP contribution in [-0.2, 0) is 4.79 Å². The first-order valence-corrected chi connectivity index (χ1v) is 9.33. The molecule has 6 nitrogen and oxygen atoms in total. The van der Waals surface area contributed by atoms with Gasteiger partial charge in [0.15, 0.2) is 0 Å². The Morgan fingerprint density at radius 1 is 1.15 bits per heavy atom. The summed E-state index contributed by atoms with van der Waals surface area (Å²) in [6, 6.07) is 9.64. The minimum Gasteiger partial charge on any atom is -0.497 e. The second kappa shape index (κ2) is 9.94. The zero-order chi connectivity index (χ0) is 18.9. The lowest BCUT2D eigenvalue weighted by Gasteiger charge is -2.25. The largest absolute Gasteiger partial charge is 0.497 e. The van der Waals surface area contributed by atoms with Gasteiger partial charge in [0.2, 0.25) is 5.91 Å². The number of methoxy groups -OCH3 is 1. The monoisotopic (exact) mass is 375 g/mol. The zero-order valence-electron chi connectivity index (χ0n) is 15.3. The maximum atomic E-state index is 12.1. The number of ether oxygens (including phenoxy) is 1. The van der Waals surface area contributed by atoms with Crippen molar-refractivity contribution in [1.82, 2.24) is 15.5 Å². The third kappa shape index (κ3) is 5.86. The normalized spacial score (nSPS) is 11.8. The van der Waals surface area contributed by atoms with Gasteiger partial charge in [0.1, 0.15) is 5.75 Å². The molecule has 0 saturated heterocycles. The molecule has 1 heterocycles. The van der Waals surface area contributed by atoms with Crippen molar-refractivity contribution in [3.63, 3.8) is 0 Å². The lowest BCUT2D eigenvalue weighted by Crippen LogP contribution is -2.36. The number of amides is 2. The van der Waals surface area contributed by atoms with Crippen LogP contribution in [0.25, 0.3) is 0 Å². The number of carbonyl (C=O) groups excluding carboxylic acids is 2. The van der Waals surface area contributed by atoms with Gasteiger partial charge >= 0.3 is 0 Å². The SMILES string of the molecule is COc1ccc(C(CNC(=O)CCNC(=O)c2ccsc2)N(C)C)cc1. The summed E-state index contributed by atoms with van der Waals surface area (Å²) in [6.45, 7) is 0.812. The Bertz CT molecular complexity index is 699. The lowest BCUT2D eigenvalue weighted by molar-refractivity contribution is -0.121. The zero-order valence-corrected chi connectivity index (χ0v) is 16.1. The number of benzene rings is 1. The smallest absolute Gasteiger partial charge is 0.252 e. The van der Waals surface area contributed by atoms with E-state index in [0.717, 1.165) is 11.3 Å². The van der Waals surface area contributed by atoms with E-state index in [0.29, 0.717) is 18.7 Å². The van der Waals surface area contributed by atoms with Crippen LogP contribution in [0, 0.1) is 0 Å². The number of nitrogens with one attached hydrogen (secondary N) is 2. The summed E-state index contributed by atoms with van der Waals surface area (Å²) < 4.78 is 5.18. The molecular weight excluding hydrogens is 350 g/mol. The molecule has 0 fully saturated rings. The van der Waals surface area contributed by atoms with E-state index in [1.807, 2.05) is 43.7 Å². The molecule has 2 aromatic rings. The van der Waals surface area contributed by atoms with Crippen molar-refractivity contribution in [3.05, 3.63) is 52.2 Å². The fraction of sp³-hybridized carbons (Fsp3) is 0.368. The van der Waals surface area contributed by atoms with Crippen LogP contribution in [0.15, 0.2) is 41.1 Å². The Morgan fingerprint density at radius 2 is 1.88 bits per heavy atom. The van der Waals surface area contributed by atoms with Crippen molar-refractivity contribution in [2.24, 2.45) is 0 Å². The van der Waals surface area contributed by atoms with Crippen molar-refractivity contribution in [3.8, 4) is 5.75 Å². The molecule has 2 rings (SSSR count). The van der Waals surface area contributed by atoms with Crippen LogP contribution < -0.4 is 15.4 Å². The Hall–Kier alpha value is -2.38. The second-order valence-electron chi connectivity index (χ2n) is 6.07. The average Bonchev–Trinajstić information content (AvgIpc) is 3.17. The summed E-state index contributed by atoms with van der Waals surface area (Å²) >= 11 is 1.47. The third-order valence-corrected chi connectivity index (χ3v) is 4.72. The highest BCUT2D eigenvalue weighted by Crippen LogP contribution is 2.20. The van der Waals surface area contributed by atoms with Gasteiger partial charge in [-0.25, -0.2) is 0 Å². The molecule has 7 heteroatoms. The standard InChI is InChI=1S/C19H25N3O3S/c1-22(2)17(14-4-6-16(25-3)7-5-14)12-21-18(23)8-10-20-19(24)15-9-11-26-13-15/h4-7,9,11,13,17H,8,10,12H2,1-3H3,(H,20,24)(H,21,23). The first-order chi connectivity index (χ1) is 12.5. The molecule has 1 unspecified atom stereocenters. The fourth-order valence-corrected chi connectivity index (χ4v) is 3.14. The molecule has 140 valence electrons. The summed E-state index contributed by atoms with van der Waals surface area (Å²) in [5.74, 6) is 0.566. The molecule has 0 bridgehead atoms. The van der Waals surface area contributed by atoms with Crippen molar-refractivity contribution in [2.75, 3.05) is 34.3 Å². The van der Waals surface area contributed by atoms with Crippen LogP contribution in [0.3, 0.4) is 0 Å². The van der Waals surface area contributed by atoms with Crippen molar-refractivity contribution in [1.29, 1.82) is 0 Å². The van der Waals surface area contributed by atoms with Gasteiger partial charge < -0.3 is 20.3 Å². The van der Waals surface area contributed by atoms with Crippen LogP contribution >= 0.6 is 11.3 Å². The number of thiophene rings is 1. The van der Waals surface area contributed by atoms with Crippen molar-refractivity contribution >= 4 is 23.2 Å². The van der Waals surface area contributed by atoms with E-state index in [-0.39, 0.29) is 24.3 Å². The summed E-state index contributed by atoms with van der Waals surface area (Å²) in [7, 11) is 5.58. The highest BCUT2D eigenvalue weighted by Gasteiger charge is 2.15. The van der Waals surface area contributed by atoms with Crippen LogP contribution in [-0.4, -0.2) is 51.0 Å². The van der Waals surface area contributed by atoms with Gasteiger partial charge in [-0.2, -0.15) is 11.3 Å². The first-order valence-electron chi connectivity index (χ1n) is 8.38. The molecule has 2 N–H and O–H groups in total. The lowest BCUT2D eigenvalue weighted by atomic mass is 10.1. The third-order valence-electron chi connectivity index (χ3n) is 4.04. The predicted octanol–water partition coefficient (Wildman–Crippen LogP) is 2.30. The van der Waals surface area contributed by atoms with E-state index in [9.17, 15) is 9.59 Å². The summed E-state index contributed by atoms with van der Waals surface area (Å²) in [4.78, 5) is 26.0. The van der Waals surface area contributed by atoms with Crippen LogP contribution in [0.2, 0.25) is 0 Å². The number of hydrogen-bond acceptors (Lipinski definition) is 5. The van der Waals surface area contributed by atoms with Gasteiger partial charge in [0.25, 0.3) is 5.91 Å². The number of nitrogens with zero attached hydrogens (tertiary/aromatic N) is 1. The molecule has 1 atom stereocenters. The summed E-state index contributed by atoms with van der Waals surface area (Å²) in [5, 5.41) is 9.32. The fourth-order valence-electron chi connectivity index (χ4n) is 2.51. The van der Waals surface area contributed by atoms with Gasteiger partial charge in [-0.05, 0) is 43.2 Å². The molecule has 0 aliphatic heterocycles. The van der Waals surface area contributed by atoms with E-state index in [4.69, 9.17) is 4.74 Å². The van der Waals surface area contributed by atoms with Crippen LogP contribution in [0.5, 0.6) is 5.75 Å². The number of rotatable bonds is 9. The van der Waals surface area contributed by atoms with E-state index >= 15 is 0 Å². The van der Waals surface area contributed by atoms with Gasteiger partial charge in [-0.1, -0.05) is 12.1 Å². The number of hydrogen-bond donors (Lipinski definition) is 2. The minimum atomic E-state index is -0.150. The highest BCUT2D eigenvalue weighted by atomic mass is 32.1. The number of likely N-dealkylation sites (N-methyl/N-ethyl adjacent to an activating group) is 1. The molecule has 1 aromatic heterocycles. The van der Waals surface area contributed by atoms with E-state index < -0.39 is 0 Å². The molecule has 0 aliphatic carbocycles. The Balaban J connectivity index is 1.78. The Kier molecular flexibility index (Phi) is 7.62. The first kappa shape index (κ1) is 19.9. The van der Waals surface area contributed by atoms with Crippen molar-refractivity contribution in [2.45, 2.75) is 12.5 Å². The van der Waals surface area contributed by atoms with Gasteiger partial charge in [0.05, 0.1) is 13.2 Å². The molecule has 0 aliphatic rings. The van der Waals surface area contributed by atoms with Gasteiger partial charge in [0, 0.05) is 30.5 Å². The number of carbonyl (C=O) groups is 2. The van der Waals surface area contributed by atoms with Gasteiger partial charge in [-0.3, -0.25) is 9.59 Å². The highest BCUT2D eigenvalue weighted by molar-refractivity contribution is 7.08. The Labute approximate surface area is 158 Å². The molecular formula is C19H25N3O3S. The van der Waals surface area contributed by atoms with Crippen LogP contribution in [0.4, 0.5) is 0 Å². The topological polar surface area (TPSA) is 70.7 Å². The van der Waals surface area contributed by atoms with E-state index in [1.54, 1.807) is 18.6 Å². The molecule has 0 saturated carbocycles. The molecule has 0 radical (unpaired) electrons. The molecule has 0 spiro atoms. The maximum Gasteiger partial charge on any atom is 0.252 e. The van der Waals surface area contributed by atoms with Crippen LogP contribution in [0.1, 0.15) is 28.4 Å². The average molecular weight is 375 g/mol. The summed E-state index contributed by atoms with van der Waals surface area (Å²) in [5.41, 5.74) is 1.73. The summed E-state index contributed by atoms with van der Waals surface area (Å²) in [6.07, 6.45) is 0.249.